The zero-order chi connectivity index (χ0) is 15.7. The Morgan fingerprint density at radius 2 is 1.36 bits per heavy atom. The average molecular weight is 294 g/mol. The highest BCUT2D eigenvalue weighted by Crippen LogP contribution is 2.33. The molecule has 0 heterocycles. The second-order valence-electron chi connectivity index (χ2n) is 5.76. The summed E-state index contributed by atoms with van der Waals surface area (Å²) < 4.78 is 0. The van der Waals surface area contributed by atoms with Gasteiger partial charge in [0.05, 0.1) is 0 Å². The summed E-state index contributed by atoms with van der Waals surface area (Å²) in [5.74, 6) is 0. The van der Waals surface area contributed by atoms with Gasteiger partial charge in [-0.2, -0.15) is 0 Å². The van der Waals surface area contributed by atoms with Gasteiger partial charge in [-0.15, -0.1) is 0 Å². The van der Waals surface area contributed by atoms with Gasteiger partial charge in [0.15, 0.2) is 0 Å². The predicted octanol–water partition coefficient (Wildman–Crippen LogP) is 5.45. The van der Waals surface area contributed by atoms with Gasteiger partial charge in [-0.3, -0.25) is 0 Å². The van der Waals surface area contributed by atoms with Crippen molar-refractivity contribution in [1.82, 2.24) is 0 Å². The van der Waals surface area contributed by atoms with E-state index in [4.69, 9.17) is 0 Å². The van der Waals surface area contributed by atoms with Crippen LogP contribution in [-0.4, -0.2) is 5.11 Å². The molecule has 0 aromatic heterocycles. The summed E-state index contributed by atoms with van der Waals surface area (Å²) in [6.45, 7) is 2.22. The van der Waals surface area contributed by atoms with Crippen molar-refractivity contribution in [3.63, 3.8) is 0 Å². The van der Waals surface area contributed by atoms with Gasteiger partial charge >= 0.3 is 0 Å². The van der Waals surface area contributed by atoms with Gasteiger partial charge in [-0.25, -0.2) is 0 Å². The Kier molecular flexibility index (Phi) is 6.42. The zero-order valence-corrected chi connectivity index (χ0v) is 13.4. The maximum atomic E-state index is 11.3. The van der Waals surface area contributed by atoms with Crippen LogP contribution in [0.4, 0.5) is 0 Å². The number of benzene rings is 2. The van der Waals surface area contributed by atoms with Crippen molar-refractivity contribution in [2.45, 2.75) is 44.6 Å². The van der Waals surface area contributed by atoms with Gasteiger partial charge in [-0.05, 0) is 24.0 Å². The second kappa shape index (κ2) is 8.55. The summed E-state index contributed by atoms with van der Waals surface area (Å²) in [5.41, 5.74) is 0.933. The number of aliphatic hydroxyl groups is 1. The van der Waals surface area contributed by atoms with E-state index in [1.54, 1.807) is 0 Å². The van der Waals surface area contributed by atoms with E-state index in [9.17, 15) is 5.11 Å². The van der Waals surface area contributed by atoms with E-state index in [1.807, 2.05) is 60.7 Å². The van der Waals surface area contributed by atoms with Crippen molar-refractivity contribution in [2.75, 3.05) is 0 Å². The molecule has 0 aliphatic carbocycles. The summed E-state index contributed by atoms with van der Waals surface area (Å²) >= 11 is 0. The zero-order valence-electron chi connectivity index (χ0n) is 13.4. The molecular formula is C21H26O. The highest BCUT2D eigenvalue weighted by atomic mass is 16.3. The molecule has 0 unspecified atom stereocenters. The van der Waals surface area contributed by atoms with Crippen LogP contribution in [0.1, 0.15) is 50.2 Å². The molecule has 0 saturated carbocycles. The summed E-state index contributed by atoms with van der Waals surface area (Å²) in [4.78, 5) is 0. The molecule has 0 radical (unpaired) electrons. The maximum Gasteiger partial charge on any atom is 0.118 e. The lowest BCUT2D eigenvalue weighted by Gasteiger charge is -2.28. The summed E-state index contributed by atoms with van der Waals surface area (Å²) in [6, 6.07) is 19.9. The van der Waals surface area contributed by atoms with Crippen LogP contribution in [0.25, 0.3) is 0 Å². The lowest BCUT2D eigenvalue weighted by atomic mass is 9.83. The molecule has 22 heavy (non-hydrogen) atoms. The highest BCUT2D eigenvalue weighted by Gasteiger charge is 2.29. The molecule has 0 fully saturated rings. The monoisotopic (exact) mass is 294 g/mol. The van der Waals surface area contributed by atoms with E-state index < -0.39 is 5.60 Å². The van der Waals surface area contributed by atoms with E-state index in [1.165, 1.54) is 19.3 Å². The minimum Gasteiger partial charge on any atom is -0.380 e. The Hall–Kier alpha value is -1.86. The number of allylic oxidation sites excluding steroid dienone is 1. The fraction of sp³-hybridized carbons (Fsp3) is 0.333. The number of rotatable bonds is 8. The molecule has 0 saturated heterocycles. The van der Waals surface area contributed by atoms with Crippen LogP contribution < -0.4 is 0 Å². The van der Waals surface area contributed by atoms with Crippen molar-refractivity contribution >= 4 is 0 Å². The Balaban J connectivity index is 2.16. The number of hydrogen-bond donors (Lipinski definition) is 1. The fourth-order valence-corrected chi connectivity index (χ4v) is 2.71. The van der Waals surface area contributed by atoms with Crippen LogP contribution >= 0.6 is 0 Å². The van der Waals surface area contributed by atoms with Crippen LogP contribution in [0.2, 0.25) is 0 Å². The molecule has 0 amide bonds. The van der Waals surface area contributed by atoms with E-state index >= 15 is 0 Å². The summed E-state index contributed by atoms with van der Waals surface area (Å²) in [6.07, 6.45) is 9.75. The molecule has 1 nitrogen and oxygen atoms in total. The molecule has 116 valence electrons. The van der Waals surface area contributed by atoms with Crippen molar-refractivity contribution in [3.8, 4) is 0 Å². The predicted molar refractivity (Wildman–Crippen MR) is 93.8 cm³/mol. The lowest BCUT2D eigenvalue weighted by Crippen LogP contribution is -2.26. The first-order valence-corrected chi connectivity index (χ1v) is 8.26. The molecule has 2 rings (SSSR count). The smallest absolute Gasteiger partial charge is 0.118 e. The maximum absolute atomic E-state index is 11.3. The topological polar surface area (TPSA) is 20.2 Å². The third-order valence-electron chi connectivity index (χ3n) is 4.06. The molecule has 1 N–H and O–H groups in total. The van der Waals surface area contributed by atoms with Crippen LogP contribution in [-0.2, 0) is 5.60 Å². The molecule has 0 aliphatic rings. The summed E-state index contributed by atoms with van der Waals surface area (Å²) in [5, 5.41) is 11.3. The first-order chi connectivity index (χ1) is 10.8. The van der Waals surface area contributed by atoms with E-state index in [0.717, 1.165) is 17.5 Å². The molecule has 0 bridgehead atoms. The normalized spacial score (nSPS) is 11.9. The quantitative estimate of drug-likeness (QED) is 0.507. The first-order valence-electron chi connectivity index (χ1n) is 8.26. The van der Waals surface area contributed by atoms with Crippen molar-refractivity contribution in [1.29, 1.82) is 0 Å². The Bertz CT molecular complexity index is 517. The van der Waals surface area contributed by atoms with Gasteiger partial charge in [0, 0.05) is 6.42 Å². The van der Waals surface area contributed by atoms with Crippen molar-refractivity contribution < 1.29 is 5.11 Å². The Labute approximate surface area is 134 Å². The van der Waals surface area contributed by atoms with Crippen LogP contribution in [0.3, 0.4) is 0 Å². The van der Waals surface area contributed by atoms with Crippen LogP contribution in [0.15, 0.2) is 72.8 Å². The minimum atomic E-state index is -0.955. The molecular weight excluding hydrogens is 268 g/mol. The molecule has 1 heteroatoms. The van der Waals surface area contributed by atoms with E-state index in [-0.39, 0.29) is 0 Å². The first kappa shape index (κ1) is 16.5. The minimum absolute atomic E-state index is 0.604. The van der Waals surface area contributed by atoms with E-state index in [0.29, 0.717) is 6.42 Å². The Morgan fingerprint density at radius 1 is 0.818 bits per heavy atom. The van der Waals surface area contributed by atoms with Gasteiger partial charge in [0.1, 0.15) is 5.60 Å². The standard InChI is InChI=1S/C21H26O/c1-2-3-4-5-6-13-18-21(22,19-14-9-7-10-15-19)20-16-11-8-12-17-20/h6-17,22H,2-5,18H2,1H3/b13-6+. The molecule has 0 aliphatic heterocycles. The van der Waals surface area contributed by atoms with Gasteiger partial charge in [0.2, 0.25) is 0 Å². The number of unbranched alkanes of at least 4 members (excludes halogenated alkanes) is 3. The molecule has 2 aromatic rings. The lowest BCUT2D eigenvalue weighted by molar-refractivity contribution is 0.0840. The molecule has 2 aromatic carbocycles. The highest BCUT2D eigenvalue weighted by molar-refractivity contribution is 5.36. The largest absolute Gasteiger partial charge is 0.380 e. The van der Waals surface area contributed by atoms with Gasteiger partial charge < -0.3 is 5.11 Å². The summed E-state index contributed by atoms with van der Waals surface area (Å²) in [7, 11) is 0. The van der Waals surface area contributed by atoms with Crippen LogP contribution in [0.5, 0.6) is 0 Å². The van der Waals surface area contributed by atoms with Crippen LogP contribution in [0, 0.1) is 0 Å². The second-order valence-corrected chi connectivity index (χ2v) is 5.76. The average Bonchev–Trinajstić information content (AvgIpc) is 2.59. The number of hydrogen-bond acceptors (Lipinski definition) is 1. The van der Waals surface area contributed by atoms with Crippen molar-refractivity contribution in [3.05, 3.63) is 83.9 Å². The molecule has 0 spiro atoms. The van der Waals surface area contributed by atoms with Crippen molar-refractivity contribution in [2.24, 2.45) is 0 Å². The fourth-order valence-electron chi connectivity index (χ4n) is 2.71. The Morgan fingerprint density at radius 3 is 1.86 bits per heavy atom. The SMILES string of the molecule is CCCCC/C=C/CC(O)(c1ccccc1)c1ccccc1. The molecule has 0 atom stereocenters. The third kappa shape index (κ3) is 4.32. The van der Waals surface area contributed by atoms with Gasteiger partial charge in [0.25, 0.3) is 0 Å². The van der Waals surface area contributed by atoms with E-state index in [2.05, 4.69) is 19.1 Å². The van der Waals surface area contributed by atoms with Gasteiger partial charge in [-0.1, -0.05) is 92.6 Å². The third-order valence-corrected chi connectivity index (χ3v) is 4.06.